The molecule has 1 nitrogen and oxygen atoms in total. The maximum absolute atomic E-state index is 13.1. The van der Waals surface area contributed by atoms with Gasteiger partial charge >= 0.3 is 0 Å². The van der Waals surface area contributed by atoms with E-state index in [1.807, 2.05) is 32.9 Å². The third-order valence-electron chi connectivity index (χ3n) is 3.08. The zero-order chi connectivity index (χ0) is 13.8. The topological polar surface area (TPSA) is 3.24 Å². The average molecular weight is 253 g/mol. The Hall–Kier alpha value is -0.890. The second kappa shape index (κ2) is 11.2. The van der Waals surface area contributed by atoms with Crippen LogP contribution in [0.4, 0.5) is 4.39 Å². The van der Waals surface area contributed by atoms with Crippen molar-refractivity contribution in [3.8, 4) is 0 Å². The van der Waals surface area contributed by atoms with E-state index in [9.17, 15) is 4.39 Å². The van der Waals surface area contributed by atoms with Crippen LogP contribution in [0.1, 0.15) is 46.5 Å². The first kappa shape index (κ1) is 17.1. The van der Waals surface area contributed by atoms with Gasteiger partial charge in [-0.1, -0.05) is 31.6 Å². The van der Waals surface area contributed by atoms with Gasteiger partial charge in [-0.25, -0.2) is 4.39 Å². The minimum atomic E-state index is -0.158. The van der Waals surface area contributed by atoms with Crippen molar-refractivity contribution in [1.82, 2.24) is 4.90 Å². The summed E-state index contributed by atoms with van der Waals surface area (Å²) in [5.41, 5.74) is 0.807. The van der Waals surface area contributed by atoms with Crippen molar-refractivity contribution in [1.29, 1.82) is 0 Å². The molecule has 0 radical (unpaired) electrons. The van der Waals surface area contributed by atoms with Crippen LogP contribution in [-0.4, -0.2) is 24.5 Å². The molecule has 2 heteroatoms. The van der Waals surface area contributed by atoms with Gasteiger partial charge in [0.1, 0.15) is 5.83 Å². The number of rotatable bonds is 3. The Bertz CT molecular complexity index is 267. The van der Waals surface area contributed by atoms with Gasteiger partial charge in [0.2, 0.25) is 0 Å². The first-order chi connectivity index (χ1) is 8.65. The van der Waals surface area contributed by atoms with Crippen molar-refractivity contribution in [2.75, 3.05) is 19.6 Å². The summed E-state index contributed by atoms with van der Waals surface area (Å²) < 4.78 is 13.1. The Labute approximate surface area is 112 Å². The summed E-state index contributed by atoms with van der Waals surface area (Å²) in [5, 5.41) is 0. The molecule has 1 aliphatic heterocycles. The second-order valence-electron chi connectivity index (χ2n) is 4.69. The van der Waals surface area contributed by atoms with E-state index in [1.54, 1.807) is 0 Å². The molecule has 0 amide bonds. The molecule has 0 aromatic heterocycles. The molecule has 0 atom stereocenters. The quantitative estimate of drug-likeness (QED) is 0.512. The van der Waals surface area contributed by atoms with Crippen molar-refractivity contribution in [3.63, 3.8) is 0 Å². The average Bonchev–Trinajstić information content (AvgIpc) is 2.66. The molecular weight excluding hydrogens is 225 g/mol. The van der Waals surface area contributed by atoms with Gasteiger partial charge in [0.25, 0.3) is 0 Å². The Morgan fingerprint density at radius 3 is 2.00 bits per heavy atom. The smallest absolute Gasteiger partial charge is 0.122 e. The monoisotopic (exact) mass is 253 g/mol. The van der Waals surface area contributed by atoms with Crippen LogP contribution >= 0.6 is 0 Å². The molecule has 0 unspecified atom stereocenters. The lowest BCUT2D eigenvalue weighted by Crippen LogP contribution is -2.26. The zero-order valence-corrected chi connectivity index (χ0v) is 12.2. The van der Waals surface area contributed by atoms with Crippen LogP contribution in [0, 0.1) is 0 Å². The Kier molecular flexibility index (Phi) is 10.7. The second-order valence-corrected chi connectivity index (χ2v) is 4.69. The van der Waals surface area contributed by atoms with Gasteiger partial charge in [0.15, 0.2) is 0 Å². The standard InChI is InChI=1S/C12H20FN.C4H8/c1-3-12(13)11(2)10-14-8-6-4-5-7-9-14;1-3-4-2/h3H,1,4-10H2,2H3;3-4H,1-2H3/b12-11-;4-3-. The number of likely N-dealkylation sites (tertiary alicyclic amines) is 1. The number of hydrogen-bond donors (Lipinski definition) is 0. The van der Waals surface area contributed by atoms with E-state index in [0.29, 0.717) is 0 Å². The molecule has 18 heavy (non-hydrogen) atoms. The maximum atomic E-state index is 13.1. The van der Waals surface area contributed by atoms with E-state index < -0.39 is 0 Å². The summed E-state index contributed by atoms with van der Waals surface area (Å²) in [4.78, 5) is 2.34. The predicted octanol–water partition coefficient (Wildman–Crippen LogP) is 4.87. The number of nitrogens with zero attached hydrogens (tertiary/aromatic N) is 1. The van der Waals surface area contributed by atoms with Crippen LogP contribution in [0.5, 0.6) is 0 Å². The number of allylic oxidation sites excluding steroid dienone is 4. The van der Waals surface area contributed by atoms with E-state index in [4.69, 9.17) is 0 Å². The molecule has 1 heterocycles. The fourth-order valence-electron chi connectivity index (χ4n) is 1.88. The lowest BCUT2D eigenvalue weighted by atomic mass is 10.2. The van der Waals surface area contributed by atoms with E-state index in [1.165, 1.54) is 31.8 Å². The molecule has 1 fully saturated rings. The summed E-state index contributed by atoms with van der Waals surface area (Å²) in [6.07, 6.45) is 10.4. The molecule has 1 saturated heterocycles. The summed E-state index contributed by atoms with van der Waals surface area (Å²) in [7, 11) is 0. The fraction of sp³-hybridized carbons (Fsp3) is 0.625. The van der Waals surface area contributed by atoms with Gasteiger partial charge < -0.3 is 0 Å². The van der Waals surface area contributed by atoms with Crippen LogP contribution in [0.25, 0.3) is 0 Å². The van der Waals surface area contributed by atoms with Gasteiger partial charge in [-0.15, -0.1) is 0 Å². The van der Waals surface area contributed by atoms with Crippen LogP contribution < -0.4 is 0 Å². The van der Waals surface area contributed by atoms with Crippen molar-refractivity contribution in [2.24, 2.45) is 0 Å². The molecule has 0 aliphatic carbocycles. The van der Waals surface area contributed by atoms with Crippen LogP contribution in [0.15, 0.2) is 36.2 Å². The lowest BCUT2D eigenvalue weighted by Gasteiger charge is -2.19. The fourth-order valence-corrected chi connectivity index (χ4v) is 1.88. The first-order valence-corrected chi connectivity index (χ1v) is 6.93. The molecule has 1 aliphatic rings. The van der Waals surface area contributed by atoms with E-state index in [0.717, 1.165) is 25.2 Å². The lowest BCUT2D eigenvalue weighted by molar-refractivity contribution is 0.306. The van der Waals surface area contributed by atoms with E-state index >= 15 is 0 Å². The highest BCUT2D eigenvalue weighted by Crippen LogP contribution is 2.13. The van der Waals surface area contributed by atoms with Gasteiger partial charge in [-0.3, -0.25) is 4.90 Å². The minimum Gasteiger partial charge on any atom is -0.299 e. The molecule has 104 valence electrons. The van der Waals surface area contributed by atoms with Gasteiger partial charge in [-0.2, -0.15) is 0 Å². The molecule has 1 rings (SSSR count). The molecule has 0 spiro atoms. The van der Waals surface area contributed by atoms with Gasteiger partial charge in [0.05, 0.1) is 0 Å². The highest BCUT2D eigenvalue weighted by Gasteiger charge is 2.10. The van der Waals surface area contributed by atoms with Gasteiger partial charge in [0, 0.05) is 6.54 Å². The Morgan fingerprint density at radius 2 is 1.61 bits per heavy atom. The predicted molar refractivity (Wildman–Crippen MR) is 79.4 cm³/mol. The minimum absolute atomic E-state index is 0.158. The first-order valence-electron chi connectivity index (χ1n) is 6.93. The number of halogens is 1. The molecular formula is C16H28FN. The summed E-state index contributed by atoms with van der Waals surface area (Å²) >= 11 is 0. The van der Waals surface area contributed by atoms with Crippen molar-refractivity contribution in [2.45, 2.75) is 46.5 Å². The molecule has 0 bridgehead atoms. The third-order valence-corrected chi connectivity index (χ3v) is 3.08. The SMILES string of the molecule is C/C=C\C.C=C/C(F)=C(\C)CN1CCCCCC1. The molecule has 0 aromatic rings. The summed E-state index contributed by atoms with van der Waals surface area (Å²) in [6, 6.07) is 0. The largest absolute Gasteiger partial charge is 0.299 e. The van der Waals surface area contributed by atoms with Crippen molar-refractivity contribution < 1.29 is 4.39 Å². The van der Waals surface area contributed by atoms with Crippen LogP contribution in [-0.2, 0) is 0 Å². The zero-order valence-electron chi connectivity index (χ0n) is 12.2. The molecule has 0 saturated carbocycles. The van der Waals surface area contributed by atoms with Gasteiger partial charge in [-0.05, 0) is 58.4 Å². The van der Waals surface area contributed by atoms with Crippen molar-refractivity contribution in [3.05, 3.63) is 36.2 Å². The van der Waals surface area contributed by atoms with Crippen LogP contribution in [0.3, 0.4) is 0 Å². The van der Waals surface area contributed by atoms with Crippen LogP contribution in [0.2, 0.25) is 0 Å². The highest BCUT2D eigenvalue weighted by atomic mass is 19.1. The Balaban J connectivity index is 0.000000631. The maximum Gasteiger partial charge on any atom is 0.122 e. The number of hydrogen-bond acceptors (Lipinski definition) is 1. The highest BCUT2D eigenvalue weighted by molar-refractivity contribution is 5.16. The normalized spacial score (nSPS) is 18.7. The molecule has 0 aromatic carbocycles. The van der Waals surface area contributed by atoms with E-state index in [-0.39, 0.29) is 5.83 Å². The van der Waals surface area contributed by atoms with E-state index in [2.05, 4.69) is 11.5 Å². The Morgan fingerprint density at radius 1 is 1.11 bits per heavy atom. The summed E-state index contributed by atoms with van der Waals surface area (Å²) in [5.74, 6) is -0.158. The van der Waals surface area contributed by atoms with Crippen molar-refractivity contribution >= 4 is 0 Å². The molecule has 0 N–H and O–H groups in total. The third kappa shape index (κ3) is 8.24. The summed E-state index contributed by atoms with van der Waals surface area (Å²) in [6.45, 7) is 12.3.